The maximum absolute atomic E-state index is 13.0. The molecule has 0 aliphatic carbocycles. The van der Waals surface area contributed by atoms with Crippen LogP contribution < -0.4 is 10.1 Å². The average Bonchev–Trinajstić information content (AvgIpc) is 3.07. The van der Waals surface area contributed by atoms with Crippen LogP contribution in [0.15, 0.2) is 24.7 Å². The van der Waals surface area contributed by atoms with Crippen LogP contribution in [0.5, 0.6) is 5.88 Å². The molecule has 1 amide bonds. The fraction of sp³-hybridized carbons (Fsp3) is 0.368. The maximum atomic E-state index is 13.0. The first-order chi connectivity index (χ1) is 14.6. The number of carbonyl (C=O) groups excluding carboxylic acids is 1. The summed E-state index contributed by atoms with van der Waals surface area (Å²) in [6.07, 6.45) is -4.51. The van der Waals surface area contributed by atoms with Gasteiger partial charge in [-0.2, -0.15) is 13.2 Å². The number of rotatable bonds is 7. The number of hydrogen-bond acceptors (Lipinski definition) is 8. The largest absolute Gasteiger partial charge is 0.481 e. The molecule has 3 aromatic rings. The fourth-order valence-corrected chi connectivity index (χ4v) is 4.04. The maximum Gasteiger partial charge on any atom is 0.416 e. The van der Waals surface area contributed by atoms with E-state index in [1.165, 1.54) is 18.3 Å². The number of carbonyl (C=O) groups is 1. The van der Waals surface area contributed by atoms with Gasteiger partial charge in [0.15, 0.2) is 6.10 Å². The van der Waals surface area contributed by atoms with E-state index in [0.29, 0.717) is 33.1 Å². The molecule has 166 valence electrons. The standard InChI is InChI=1S/C19H20F3N5O3S/c1-10-14-16(24-7-12(28)19(20,21)22)25-9-26-17(14)31-15(10)18(29)27(2)8-11-4-5-23-13(6-11)30-3/h4-6,9,12,28H,7-8H2,1-3H3,(H,24,25,26). The lowest BCUT2D eigenvalue weighted by atomic mass is 10.1. The van der Waals surface area contributed by atoms with Crippen molar-refractivity contribution in [2.75, 3.05) is 26.0 Å². The number of pyridine rings is 1. The Morgan fingerprint density at radius 1 is 1.35 bits per heavy atom. The molecule has 0 saturated heterocycles. The minimum absolute atomic E-state index is 0.127. The van der Waals surface area contributed by atoms with Gasteiger partial charge in [0.05, 0.1) is 23.9 Å². The van der Waals surface area contributed by atoms with Crippen LogP contribution in [0.25, 0.3) is 10.2 Å². The van der Waals surface area contributed by atoms with Crippen LogP contribution in [-0.4, -0.2) is 63.8 Å². The molecule has 8 nitrogen and oxygen atoms in total. The second-order valence-corrected chi connectivity index (χ2v) is 7.76. The van der Waals surface area contributed by atoms with Gasteiger partial charge in [0.1, 0.15) is 17.0 Å². The number of methoxy groups -OCH3 is 1. The van der Waals surface area contributed by atoms with Gasteiger partial charge in [0, 0.05) is 25.9 Å². The SMILES string of the molecule is COc1cc(CN(C)C(=O)c2sc3ncnc(NCC(O)C(F)(F)F)c3c2C)ccn1. The van der Waals surface area contributed by atoms with Crippen LogP contribution in [0.1, 0.15) is 20.8 Å². The van der Waals surface area contributed by atoms with E-state index in [-0.39, 0.29) is 11.7 Å². The number of hydrogen-bond donors (Lipinski definition) is 2. The molecule has 31 heavy (non-hydrogen) atoms. The van der Waals surface area contributed by atoms with Gasteiger partial charge in [-0.25, -0.2) is 15.0 Å². The Morgan fingerprint density at radius 3 is 2.77 bits per heavy atom. The summed E-state index contributed by atoms with van der Waals surface area (Å²) >= 11 is 1.13. The summed E-state index contributed by atoms with van der Waals surface area (Å²) in [5, 5.41) is 12.2. The topological polar surface area (TPSA) is 100 Å². The van der Waals surface area contributed by atoms with Gasteiger partial charge in [0.2, 0.25) is 5.88 Å². The summed E-state index contributed by atoms with van der Waals surface area (Å²) < 4.78 is 42.9. The number of nitrogens with zero attached hydrogens (tertiary/aromatic N) is 4. The molecule has 2 N–H and O–H groups in total. The van der Waals surface area contributed by atoms with Crippen LogP contribution >= 0.6 is 11.3 Å². The van der Waals surface area contributed by atoms with Crippen molar-refractivity contribution in [3.63, 3.8) is 0 Å². The van der Waals surface area contributed by atoms with Gasteiger partial charge >= 0.3 is 6.18 Å². The molecular weight excluding hydrogens is 435 g/mol. The minimum atomic E-state index is -4.75. The molecule has 12 heteroatoms. The van der Waals surface area contributed by atoms with Crippen molar-refractivity contribution in [1.82, 2.24) is 19.9 Å². The molecular formula is C19H20F3N5O3S. The zero-order valence-electron chi connectivity index (χ0n) is 16.9. The van der Waals surface area contributed by atoms with Crippen LogP contribution in [0.3, 0.4) is 0 Å². The summed E-state index contributed by atoms with van der Waals surface area (Å²) in [6.45, 7) is 1.22. The highest BCUT2D eigenvalue weighted by atomic mass is 32.1. The molecule has 3 heterocycles. The number of halogens is 3. The molecule has 1 atom stereocenters. The third kappa shape index (κ3) is 5.02. The van der Waals surface area contributed by atoms with Crippen LogP contribution in [0.4, 0.5) is 19.0 Å². The quantitative estimate of drug-likeness (QED) is 0.565. The Bertz CT molecular complexity index is 1090. The number of alkyl halides is 3. The van der Waals surface area contributed by atoms with Crippen molar-refractivity contribution in [1.29, 1.82) is 0 Å². The van der Waals surface area contributed by atoms with E-state index in [1.54, 1.807) is 32.3 Å². The Hall–Kier alpha value is -2.99. The minimum Gasteiger partial charge on any atom is -0.481 e. The monoisotopic (exact) mass is 455 g/mol. The van der Waals surface area contributed by atoms with E-state index in [0.717, 1.165) is 16.9 Å². The van der Waals surface area contributed by atoms with Gasteiger partial charge in [0.25, 0.3) is 5.91 Å². The summed E-state index contributed by atoms with van der Waals surface area (Å²) in [5.74, 6) is 0.295. The highest BCUT2D eigenvalue weighted by Crippen LogP contribution is 2.34. The van der Waals surface area contributed by atoms with Crippen molar-refractivity contribution in [3.05, 3.63) is 40.7 Å². The molecule has 3 rings (SSSR count). The second kappa shape index (κ2) is 9.02. The molecule has 3 aromatic heterocycles. The molecule has 0 spiro atoms. The predicted molar refractivity (Wildman–Crippen MR) is 109 cm³/mol. The molecule has 0 aromatic carbocycles. The first-order valence-electron chi connectivity index (χ1n) is 9.09. The highest BCUT2D eigenvalue weighted by molar-refractivity contribution is 7.20. The summed E-state index contributed by atoms with van der Waals surface area (Å²) in [4.78, 5) is 27.6. The molecule has 0 aliphatic rings. The Labute approximate surface area is 179 Å². The van der Waals surface area contributed by atoms with E-state index >= 15 is 0 Å². The van der Waals surface area contributed by atoms with Crippen molar-refractivity contribution < 1.29 is 27.8 Å². The number of amides is 1. The summed E-state index contributed by atoms with van der Waals surface area (Å²) in [5.41, 5.74) is 1.37. The average molecular weight is 455 g/mol. The number of aromatic nitrogens is 3. The Kier molecular flexibility index (Phi) is 6.60. The molecule has 0 fully saturated rings. The zero-order chi connectivity index (χ0) is 22.8. The number of aliphatic hydroxyl groups excluding tert-OH is 1. The van der Waals surface area contributed by atoms with Gasteiger partial charge < -0.3 is 20.1 Å². The normalized spacial score (nSPS) is 12.6. The van der Waals surface area contributed by atoms with Crippen molar-refractivity contribution in [2.45, 2.75) is 25.7 Å². The van der Waals surface area contributed by atoms with Gasteiger partial charge in [-0.1, -0.05) is 0 Å². The number of anilines is 1. The number of ether oxygens (including phenoxy) is 1. The third-order valence-corrected chi connectivity index (χ3v) is 5.72. The molecule has 0 bridgehead atoms. The first-order valence-corrected chi connectivity index (χ1v) is 9.90. The van der Waals surface area contributed by atoms with Gasteiger partial charge in [-0.15, -0.1) is 11.3 Å². The Balaban J connectivity index is 1.83. The highest BCUT2D eigenvalue weighted by Gasteiger charge is 2.38. The molecule has 1 unspecified atom stereocenters. The van der Waals surface area contributed by atoms with E-state index in [4.69, 9.17) is 4.74 Å². The predicted octanol–water partition coefficient (Wildman–Crippen LogP) is 3.01. The fourth-order valence-electron chi connectivity index (χ4n) is 2.90. The summed E-state index contributed by atoms with van der Waals surface area (Å²) in [6, 6.07) is 3.49. The van der Waals surface area contributed by atoms with Gasteiger partial charge in [-0.3, -0.25) is 4.79 Å². The number of thiophene rings is 1. The first kappa shape index (κ1) is 22.7. The van der Waals surface area contributed by atoms with Crippen molar-refractivity contribution >= 4 is 33.3 Å². The van der Waals surface area contributed by atoms with E-state index in [1.807, 2.05) is 0 Å². The lowest BCUT2D eigenvalue weighted by molar-refractivity contribution is -0.198. The molecule has 0 radical (unpaired) electrons. The van der Waals surface area contributed by atoms with Crippen molar-refractivity contribution in [2.24, 2.45) is 0 Å². The lowest BCUT2D eigenvalue weighted by Crippen LogP contribution is -2.35. The smallest absolute Gasteiger partial charge is 0.416 e. The van der Waals surface area contributed by atoms with Crippen LogP contribution in [-0.2, 0) is 6.54 Å². The third-order valence-electron chi connectivity index (χ3n) is 4.54. The second-order valence-electron chi connectivity index (χ2n) is 6.76. The number of nitrogens with one attached hydrogen (secondary N) is 1. The van der Waals surface area contributed by atoms with Crippen LogP contribution in [0.2, 0.25) is 0 Å². The van der Waals surface area contributed by atoms with Crippen molar-refractivity contribution in [3.8, 4) is 5.88 Å². The number of aliphatic hydroxyl groups is 1. The number of fused-ring (bicyclic) bond motifs is 1. The van der Waals surface area contributed by atoms with E-state index in [9.17, 15) is 23.1 Å². The Morgan fingerprint density at radius 2 is 2.10 bits per heavy atom. The van der Waals surface area contributed by atoms with E-state index < -0.39 is 18.8 Å². The van der Waals surface area contributed by atoms with Crippen LogP contribution in [0, 0.1) is 6.92 Å². The van der Waals surface area contributed by atoms with Gasteiger partial charge in [-0.05, 0) is 24.1 Å². The molecule has 0 aliphatic heterocycles. The molecule has 0 saturated carbocycles. The number of aryl methyl sites for hydroxylation is 1. The summed E-state index contributed by atoms with van der Waals surface area (Å²) in [7, 11) is 3.14. The lowest BCUT2D eigenvalue weighted by Gasteiger charge is -2.17. The van der Waals surface area contributed by atoms with E-state index in [2.05, 4.69) is 20.3 Å². The zero-order valence-corrected chi connectivity index (χ0v) is 17.7.